The normalized spacial score (nSPS) is 20.0. The molecule has 0 saturated carbocycles. The molecule has 2 heterocycles. The number of benzene rings is 1. The summed E-state index contributed by atoms with van der Waals surface area (Å²) in [6.45, 7) is 6.39. The molecule has 1 aliphatic heterocycles. The minimum atomic E-state index is 0.0776. The van der Waals surface area contributed by atoms with Crippen molar-refractivity contribution in [1.29, 1.82) is 0 Å². The highest BCUT2D eigenvalue weighted by Gasteiger charge is 2.22. The number of rotatable bonds is 4. The van der Waals surface area contributed by atoms with Crippen molar-refractivity contribution in [2.45, 2.75) is 33.1 Å². The van der Waals surface area contributed by atoms with Crippen molar-refractivity contribution in [3.05, 3.63) is 23.8 Å². The minimum Gasteiger partial charge on any atom is -0.316 e. The molecule has 0 radical (unpaired) electrons. The van der Waals surface area contributed by atoms with Crippen LogP contribution in [0.5, 0.6) is 0 Å². The van der Waals surface area contributed by atoms with E-state index in [2.05, 4.69) is 35.5 Å². The summed E-state index contributed by atoms with van der Waals surface area (Å²) in [6.07, 6.45) is 3.01. The molecular weight excluding hydrogens is 294 g/mol. The first-order chi connectivity index (χ1) is 10.6. The molecule has 3 rings (SSSR count). The number of piperidine rings is 1. The number of aryl methyl sites for hydroxylation is 1. The molecule has 0 bridgehead atoms. The van der Waals surface area contributed by atoms with Gasteiger partial charge in [-0.25, -0.2) is 4.98 Å². The number of anilines is 1. The number of hydrogen-bond donors (Lipinski definition) is 2. The van der Waals surface area contributed by atoms with E-state index in [0.29, 0.717) is 23.4 Å². The fourth-order valence-electron chi connectivity index (χ4n) is 3.08. The van der Waals surface area contributed by atoms with Gasteiger partial charge < -0.3 is 10.6 Å². The lowest BCUT2D eigenvalue weighted by Crippen LogP contribution is -2.34. The van der Waals surface area contributed by atoms with Crippen LogP contribution in [0, 0.1) is 18.8 Å². The lowest BCUT2D eigenvalue weighted by atomic mass is 9.85. The molecule has 0 aliphatic carbocycles. The van der Waals surface area contributed by atoms with Gasteiger partial charge in [0.05, 0.1) is 10.2 Å². The number of fused-ring (bicyclic) bond motifs is 1. The van der Waals surface area contributed by atoms with Gasteiger partial charge in [0.15, 0.2) is 5.13 Å². The lowest BCUT2D eigenvalue weighted by Gasteiger charge is -2.27. The van der Waals surface area contributed by atoms with Crippen molar-refractivity contribution in [2.75, 3.05) is 18.4 Å². The number of thiazole rings is 1. The molecule has 1 fully saturated rings. The molecule has 1 aromatic carbocycles. The number of aromatic nitrogens is 1. The second-order valence-electron chi connectivity index (χ2n) is 6.33. The first-order valence-electron chi connectivity index (χ1n) is 7.99. The van der Waals surface area contributed by atoms with Gasteiger partial charge in [-0.05, 0) is 62.4 Å². The quantitative estimate of drug-likeness (QED) is 0.906. The molecule has 1 aliphatic rings. The molecule has 5 heteroatoms. The van der Waals surface area contributed by atoms with Crippen LogP contribution in [0.15, 0.2) is 18.2 Å². The third kappa shape index (κ3) is 3.65. The van der Waals surface area contributed by atoms with Crippen molar-refractivity contribution in [3.8, 4) is 0 Å². The maximum atomic E-state index is 12.2. The van der Waals surface area contributed by atoms with E-state index in [9.17, 15) is 4.79 Å². The van der Waals surface area contributed by atoms with E-state index < -0.39 is 0 Å². The van der Waals surface area contributed by atoms with E-state index in [1.807, 2.05) is 12.1 Å². The Balaban J connectivity index is 1.60. The first kappa shape index (κ1) is 15.4. The average molecular weight is 317 g/mol. The molecule has 2 unspecified atom stereocenters. The number of carbonyl (C=O) groups excluding carboxylic acids is 1. The summed E-state index contributed by atoms with van der Waals surface area (Å²) >= 11 is 1.55. The Labute approximate surface area is 135 Å². The third-order valence-corrected chi connectivity index (χ3v) is 5.37. The molecule has 1 aromatic heterocycles. The molecule has 4 nitrogen and oxygen atoms in total. The Kier molecular flexibility index (Phi) is 4.74. The number of nitrogens with one attached hydrogen (secondary N) is 2. The highest BCUT2D eigenvalue weighted by atomic mass is 32.1. The smallest absolute Gasteiger partial charge is 0.226 e. The van der Waals surface area contributed by atoms with Gasteiger partial charge in [0, 0.05) is 6.42 Å². The summed E-state index contributed by atoms with van der Waals surface area (Å²) in [4.78, 5) is 16.7. The Hall–Kier alpha value is -1.46. The van der Waals surface area contributed by atoms with E-state index in [1.54, 1.807) is 11.3 Å². The highest BCUT2D eigenvalue weighted by Crippen LogP contribution is 2.28. The van der Waals surface area contributed by atoms with Crippen LogP contribution in [0.2, 0.25) is 0 Å². The van der Waals surface area contributed by atoms with Crippen LogP contribution in [-0.2, 0) is 4.79 Å². The molecule has 2 N–H and O–H groups in total. The van der Waals surface area contributed by atoms with Crippen LogP contribution >= 0.6 is 11.3 Å². The van der Waals surface area contributed by atoms with Gasteiger partial charge in [0.1, 0.15) is 0 Å². The van der Waals surface area contributed by atoms with E-state index in [1.165, 1.54) is 18.4 Å². The van der Waals surface area contributed by atoms with Gasteiger partial charge >= 0.3 is 0 Å². The molecule has 22 heavy (non-hydrogen) atoms. The average Bonchev–Trinajstić information content (AvgIpc) is 2.89. The zero-order chi connectivity index (χ0) is 15.5. The van der Waals surface area contributed by atoms with Crippen LogP contribution in [0.25, 0.3) is 10.2 Å². The fraction of sp³-hybridized carbons (Fsp3) is 0.529. The predicted molar refractivity (Wildman–Crippen MR) is 92.4 cm³/mol. The van der Waals surface area contributed by atoms with Gasteiger partial charge in [0.25, 0.3) is 0 Å². The Morgan fingerprint density at radius 1 is 1.55 bits per heavy atom. The zero-order valence-electron chi connectivity index (χ0n) is 13.2. The first-order valence-corrected chi connectivity index (χ1v) is 8.81. The number of nitrogens with zero attached hydrogens (tertiary/aromatic N) is 1. The van der Waals surface area contributed by atoms with Gasteiger partial charge in [0.2, 0.25) is 5.91 Å². The van der Waals surface area contributed by atoms with Gasteiger partial charge in [-0.1, -0.05) is 24.3 Å². The van der Waals surface area contributed by atoms with Gasteiger partial charge in [-0.15, -0.1) is 0 Å². The van der Waals surface area contributed by atoms with Crippen molar-refractivity contribution in [1.82, 2.24) is 10.3 Å². The summed E-state index contributed by atoms with van der Waals surface area (Å²) < 4.78 is 1.12. The van der Waals surface area contributed by atoms with E-state index in [4.69, 9.17) is 0 Å². The van der Waals surface area contributed by atoms with E-state index in [0.717, 1.165) is 23.3 Å². The van der Waals surface area contributed by atoms with Gasteiger partial charge in [-0.2, -0.15) is 0 Å². The Morgan fingerprint density at radius 3 is 3.18 bits per heavy atom. The second kappa shape index (κ2) is 6.75. The monoisotopic (exact) mass is 317 g/mol. The van der Waals surface area contributed by atoms with Crippen LogP contribution in [0.1, 0.15) is 31.7 Å². The third-order valence-electron chi connectivity index (χ3n) is 4.44. The molecule has 118 valence electrons. The molecular formula is C17H23N3OS. The summed E-state index contributed by atoms with van der Waals surface area (Å²) in [5.41, 5.74) is 2.17. The topological polar surface area (TPSA) is 54.0 Å². The van der Waals surface area contributed by atoms with Crippen molar-refractivity contribution in [3.63, 3.8) is 0 Å². The van der Waals surface area contributed by atoms with Gasteiger partial charge in [-0.3, -0.25) is 4.79 Å². The Morgan fingerprint density at radius 2 is 2.41 bits per heavy atom. The maximum absolute atomic E-state index is 12.2. The number of hydrogen-bond acceptors (Lipinski definition) is 4. The second-order valence-corrected chi connectivity index (χ2v) is 7.36. The van der Waals surface area contributed by atoms with Crippen molar-refractivity contribution < 1.29 is 4.79 Å². The fourth-order valence-corrected chi connectivity index (χ4v) is 4.06. The molecule has 2 atom stereocenters. The summed E-state index contributed by atoms with van der Waals surface area (Å²) in [5.74, 6) is 1.09. The predicted octanol–water partition coefficient (Wildman–Crippen LogP) is 3.57. The SMILES string of the molecule is Cc1ccc2nc(NC(=O)CC(C)C3CCCNC3)sc2c1. The van der Waals surface area contributed by atoms with E-state index in [-0.39, 0.29) is 5.91 Å². The van der Waals surface area contributed by atoms with Crippen molar-refractivity contribution >= 4 is 32.6 Å². The standard InChI is InChI=1S/C17H23N3OS/c1-11-5-6-14-15(8-11)22-17(19-14)20-16(21)9-12(2)13-4-3-7-18-10-13/h5-6,8,12-13,18H,3-4,7,9-10H2,1-2H3,(H,19,20,21). The minimum absolute atomic E-state index is 0.0776. The summed E-state index contributed by atoms with van der Waals surface area (Å²) in [5, 5.41) is 7.10. The van der Waals surface area contributed by atoms with E-state index >= 15 is 0 Å². The lowest BCUT2D eigenvalue weighted by molar-refractivity contribution is -0.117. The summed E-state index contributed by atoms with van der Waals surface area (Å²) in [7, 11) is 0. The highest BCUT2D eigenvalue weighted by molar-refractivity contribution is 7.22. The van der Waals surface area contributed by atoms with Crippen molar-refractivity contribution in [2.24, 2.45) is 11.8 Å². The molecule has 0 spiro atoms. The molecule has 1 saturated heterocycles. The van der Waals surface area contributed by atoms with Crippen LogP contribution < -0.4 is 10.6 Å². The molecule has 1 amide bonds. The zero-order valence-corrected chi connectivity index (χ0v) is 14.0. The van der Waals surface area contributed by atoms with Crippen LogP contribution in [-0.4, -0.2) is 24.0 Å². The largest absolute Gasteiger partial charge is 0.316 e. The maximum Gasteiger partial charge on any atom is 0.226 e. The van der Waals surface area contributed by atoms with Crippen LogP contribution in [0.4, 0.5) is 5.13 Å². The Bertz CT molecular complexity index is 661. The molecule has 2 aromatic rings. The number of amides is 1. The van der Waals surface area contributed by atoms with Crippen LogP contribution in [0.3, 0.4) is 0 Å². The number of carbonyl (C=O) groups is 1. The summed E-state index contributed by atoms with van der Waals surface area (Å²) in [6, 6.07) is 6.16.